The molecule has 0 spiro atoms. The van der Waals surface area contributed by atoms with Crippen LogP contribution in [-0.4, -0.2) is 18.4 Å². The van der Waals surface area contributed by atoms with Gasteiger partial charge in [-0.1, -0.05) is 36.4 Å². The molecule has 0 aromatic heterocycles. The van der Waals surface area contributed by atoms with Gasteiger partial charge in [-0.2, -0.15) is 0 Å². The molecule has 3 aromatic carbocycles. The van der Waals surface area contributed by atoms with E-state index < -0.39 is 0 Å². The molecule has 0 unspecified atom stereocenters. The summed E-state index contributed by atoms with van der Waals surface area (Å²) >= 11 is 0. The van der Waals surface area contributed by atoms with Gasteiger partial charge < -0.3 is 10.6 Å². The predicted molar refractivity (Wildman–Crippen MR) is 108 cm³/mol. The largest absolute Gasteiger partial charge is 0.343 e. The zero-order valence-electron chi connectivity index (χ0n) is 15.6. The fourth-order valence-corrected chi connectivity index (χ4v) is 3.78. The number of rotatable bonds is 4. The second kappa shape index (κ2) is 6.88. The molecular formula is C23H22N2O2. The molecule has 0 bridgehead atoms. The molecule has 0 saturated heterocycles. The number of nitrogens with one attached hydrogen (secondary N) is 2. The fraction of sp³-hybridized carbons (Fsp3) is 0.217. The number of benzene rings is 3. The highest BCUT2D eigenvalue weighted by Gasteiger charge is 2.19. The first-order valence-corrected chi connectivity index (χ1v) is 9.22. The van der Waals surface area contributed by atoms with E-state index in [0.717, 1.165) is 35.0 Å². The average molecular weight is 358 g/mol. The minimum Gasteiger partial charge on any atom is -0.343 e. The van der Waals surface area contributed by atoms with Gasteiger partial charge in [-0.25, -0.2) is 0 Å². The van der Waals surface area contributed by atoms with Crippen LogP contribution >= 0.6 is 0 Å². The lowest BCUT2D eigenvalue weighted by atomic mass is 9.99. The Morgan fingerprint density at radius 3 is 2.48 bits per heavy atom. The molecule has 0 atom stereocenters. The summed E-state index contributed by atoms with van der Waals surface area (Å²) in [5.41, 5.74) is 6.14. The van der Waals surface area contributed by atoms with E-state index in [0.29, 0.717) is 5.56 Å². The summed E-state index contributed by atoms with van der Waals surface area (Å²) in [4.78, 5) is 25.0. The van der Waals surface area contributed by atoms with Crippen LogP contribution < -0.4 is 10.6 Å². The maximum absolute atomic E-state index is 12.7. The lowest BCUT2D eigenvalue weighted by Gasteiger charge is -2.12. The average Bonchev–Trinajstić information content (AvgIpc) is 3.09. The molecule has 1 aliphatic rings. The second-order valence-corrected chi connectivity index (χ2v) is 7.09. The number of hydrogen-bond donors (Lipinski definition) is 2. The minimum absolute atomic E-state index is 0.0604. The quantitative estimate of drug-likeness (QED) is 0.743. The zero-order chi connectivity index (χ0) is 19.0. The number of amides is 2. The number of carbonyl (C=O) groups is 2. The lowest BCUT2D eigenvalue weighted by molar-refractivity contribution is -0.115. The molecule has 1 aliphatic carbocycles. The van der Waals surface area contributed by atoms with Gasteiger partial charge in [0.15, 0.2) is 0 Å². The van der Waals surface area contributed by atoms with Crippen molar-refractivity contribution in [2.75, 3.05) is 11.9 Å². The Morgan fingerprint density at radius 1 is 0.926 bits per heavy atom. The van der Waals surface area contributed by atoms with Crippen LogP contribution in [-0.2, 0) is 17.6 Å². The second-order valence-electron chi connectivity index (χ2n) is 7.09. The summed E-state index contributed by atoms with van der Waals surface area (Å²) in [5, 5.41) is 7.79. The Kier molecular flexibility index (Phi) is 4.40. The van der Waals surface area contributed by atoms with Gasteiger partial charge in [-0.15, -0.1) is 0 Å². The highest BCUT2D eigenvalue weighted by molar-refractivity contribution is 6.10. The molecule has 2 N–H and O–H groups in total. The van der Waals surface area contributed by atoms with Gasteiger partial charge in [0.1, 0.15) is 0 Å². The minimum atomic E-state index is -0.233. The van der Waals surface area contributed by atoms with Crippen molar-refractivity contribution in [3.63, 3.8) is 0 Å². The Balaban J connectivity index is 1.48. The Morgan fingerprint density at radius 2 is 1.67 bits per heavy atom. The maximum atomic E-state index is 12.7. The molecule has 0 heterocycles. The van der Waals surface area contributed by atoms with E-state index in [-0.39, 0.29) is 18.4 Å². The van der Waals surface area contributed by atoms with Crippen molar-refractivity contribution in [2.45, 2.75) is 26.7 Å². The van der Waals surface area contributed by atoms with Crippen LogP contribution in [0.25, 0.3) is 10.8 Å². The van der Waals surface area contributed by atoms with Crippen molar-refractivity contribution in [1.29, 1.82) is 0 Å². The van der Waals surface area contributed by atoms with Gasteiger partial charge in [0.2, 0.25) is 5.91 Å². The molecule has 0 fully saturated rings. The van der Waals surface area contributed by atoms with Crippen LogP contribution in [0.2, 0.25) is 0 Å². The Labute approximate surface area is 158 Å². The molecule has 2 amide bonds. The molecule has 136 valence electrons. The third kappa shape index (κ3) is 3.19. The fourth-order valence-electron chi connectivity index (χ4n) is 3.78. The van der Waals surface area contributed by atoms with Gasteiger partial charge >= 0.3 is 0 Å². The third-order valence-corrected chi connectivity index (χ3v) is 5.41. The predicted octanol–water partition coefficient (Wildman–Crippen LogP) is 3.92. The van der Waals surface area contributed by atoms with Crippen molar-refractivity contribution >= 4 is 28.3 Å². The summed E-state index contributed by atoms with van der Waals surface area (Å²) in [6.07, 6.45) is 2.05. The van der Waals surface area contributed by atoms with Crippen LogP contribution in [0.1, 0.15) is 32.6 Å². The monoisotopic (exact) mass is 358 g/mol. The van der Waals surface area contributed by atoms with Crippen molar-refractivity contribution in [3.05, 3.63) is 76.3 Å². The van der Waals surface area contributed by atoms with E-state index in [4.69, 9.17) is 0 Å². The molecule has 3 aromatic rings. The number of aryl methyl sites for hydroxylation is 3. The standard InChI is InChI=1S/C23H22N2O2/c1-14-5-3-8-20(15(14)2)25-21(26)13-24-23(27)19-12-11-17-10-9-16-6-4-7-18(19)22(16)17/h3-8,11-12H,9-10,13H2,1-2H3,(H,24,27)(H,25,26). The van der Waals surface area contributed by atoms with E-state index >= 15 is 0 Å². The first kappa shape index (κ1) is 17.3. The highest BCUT2D eigenvalue weighted by atomic mass is 16.2. The highest BCUT2D eigenvalue weighted by Crippen LogP contribution is 2.32. The van der Waals surface area contributed by atoms with E-state index in [1.165, 1.54) is 16.5 Å². The van der Waals surface area contributed by atoms with Crippen molar-refractivity contribution < 1.29 is 9.59 Å². The Hall–Kier alpha value is -3.14. The lowest BCUT2D eigenvalue weighted by Crippen LogP contribution is -2.33. The molecule has 4 nitrogen and oxygen atoms in total. The van der Waals surface area contributed by atoms with Crippen molar-refractivity contribution in [3.8, 4) is 0 Å². The summed E-state index contributed by atoms with van der Waals surface area (Å²) in [6.45, 7) is 3.91. The number of carbonyl (C=O) groups excluding carboxylic acids is 2. The van der Waals surface area contributed by atoms with Crippen molar-refractivity contribution in [1.82, 2.24) is 5.32 Å². The van der Waals surface area contributed by atoms with Gasteiger partial charge in [-0.05, 0) is 71.8 Å². The van der Waals surface area contributed by atoms with Gasteiger partial charge in [0.25, 0.3) is 5.91 Å². The molecule has 0 radical (unpaired) electrons. The molecular weight excluding hydrogens is 336 g/mol. The summed E-state index contributed by atoms with van der Waals surface area (Å²) in [7, 11) is 0. The molecule has 27 heavy (non-hydrogen) atoms. The number of anilines is 1. The summed E-state index contributed by atoms with van der Waals surface area (Å²) in [5.74, 6) is -0.454. The van der Waals surface area contributed by atoms with E-state index in [1.807, 2.05) is 56.3 Å². The molecule has 4 heteroatoms. The molecule has 0 aliphatic heterocycles. The number of hydrogen-bond acceptors (Lipinski definition) is 2. The van der Waals surface area contributed by atoms with E-state index in [1.54, 1.807) is 0 Å². The van der Waals surface area contributed by atoms with Crippen molar-refractivity contribution in [2.24, 2.45) is 0 Å². The van der Waals surface area contributed by atoms with Gasteiger partial charge in [0, 0.05) is 11.3 Å². The smallest absolute Gasteiger partial charge is 0.252 e. The van der Waals surface area contributed by atoms with Crippen LogP contribution in [0.3, 0.4) is 0 Å². The molecule has 4 rings (SSSR count). The van der Waals surface area contributed by atoms with Crippen LogP contribution in [0.15, 0.2) is 48.5 Å². The third-order valence-electron chi connectivity index (χ3n) is 5.41. The maximum Gasteiger partial charge on any atom is 0.252 e. The SMILES string of the molecule is Cc1cccc(NC(=O)CNC(=O)c2ccc3c4c(cccc24)CC3)c1C. The van der Waals surface area contributed by atoms with E-state index in [2.05, 4.69) is 16.7 Å². The summed E-state index contributed by atoms with van der Waals surface area (Å²) in [6, 6.07) is 15.8. The van der Waals surface area contributed by atoms with E-state index in [9.17, 15) is 9.59 Å². The normalized spacial score (nSPS) is 12.2. The van der Waals surface area contributed by atoms with Crippen LogP contribution in [0, 0.1) is 13.8 Å². The first-order chi connectivity index (χ1) is 13.0. The molecule has 0 saturated carbocycles. The first-order valence-electron chi connectivity index (χ1n) is 9.22. The Bertz CT molecular complexity index is 1060. The van der Waals surface area contributed by atoms with Crippen LogP contribution in [0.5, 0.6) is 0 Å². The van der Waals surface area contributed by atoms with Crippen LogP contribution in [0.4, 0.5) is 5.69 Å². The van der Waals surface area contributed by atoms with Gasteiger partial charge in [-0.3, -0.25) is 9.59 Å². The summed E-state index contributed by atoms with van der Waals surface area (Å²) < 4.78 is 0. The zero-order valence-corrected chi connectivity index (χ0v) is 15.6. The topological polar surface area (TPSA) is 58.2 Å². The van der Waals surface area contributed by atoms with Gasteiger partial charge in [0.05, 0.1) is 6.54 Å².